The van der Waals surface area contributed by atoms with E-state index in [1.54, 1.807) is 13.8 Å². The average molecular weight is 340 g/mol. The van der Waals surface area contributed by atoms with Crippen LogP contribution in [0, 0.1) is 11.8 Å². The summed E-state index contributed by atoms with van der Waals surface area (Å²) < 4.78 is 5.02. The Kier molecular flexibility index (Phi) is 5.22. The van der Waals surface area contributed by atoms with Gasteiger partial charge in [0.1, 0.15) is 5.54 Å². The van der Waals surface area contributed by atoms with Crippen LogP contribution in [-0.4, -0.2) is 52.2 Å². The summed E-state index contributed by atoms with van der Waals surface area (Å²) in [5, 5.41) is 13.5. The van der Waals surface area contributed by atoms with E-state index < -0.39 is 17.2 Å². The van der Waals surface area contributed by atoms with Crippen LogP contribution < -0.4 is 5.32 Å². The molecule has 0 spiro atoms. The number of imide groups is 1. The molecule has 3 amide bonds. The molecule has 7 nitrogen and oxygen atoms in total. The molecule has 0 unspecified atom stereocenters. The van der Waals surface area contributed by atoms with Gasteiger partial charge in [0.25, 0.3) is 5.91 Å². The summed E-state index contributed by atoms with van der Waals surface area (Å²) in [7, 11) is 0. The molecule has 1 aliphatic carbocycles. The van der Waals surface area contributed by atoms with Crippen molar-refractivity contribution in [3.05, 3.63) is 0 Å². The van der Waals surface area contributed by atoms with Gasteiger partial charge >= 0.3 is 12.0 Å². The molecule has 0 aromatic heterocycles. The highest BCUT2D eigenvalue weighted by Gasteiger charge is 2.52. The summed E-state index contributed by atoms with van der Waals surface area (Å²) in [6.45, 7) is 7.53. The number of hydrogen-bond donors (Lipinski definition) is 2. The predicted molar refractivity (Wildman–Crippen MR) is 87.0 cm³/mol. The van der Waals surface area contributed by atoms with Crippen LogP contribution in [0.3, 0.4) is 0 Å². The standard InChI is InChI=1S/C17H28N2O5/c1-5-24-13(20)12-6-8-17(23,9-7-12)10-19-14(21)16(4,11(2)3)18-15(19)22/h11-12,23H,5-10H2,1-4H3,(H,18,22)/t12?,16-,17?/m1/s1. The molecule has 0 aromatic rings. The summed E-state index contributed by atoms with van der Waals surface area (Å²) in [6, 6.07) is -0.461. The Morgan fingerprint density at radius 2 is 1.96 bits per heavy atom. The molecule has 1 atom stereocenters. The number of hydrogen-bond acceptors (Lipinski definition) is 5. The first-order chi connectivity index (χ1) is 11.1. The number of carbonyl (C=O) groups is 3. The van der Waals surface area contributed by atoms with Gasteiger partial charge in [-0.05, 0) is 45.4 Å². The zero-order chi connectivity index (χ0) is 18.1. The number of carbonyl (C=O) groups excluding carboxylic acids is 3. The molecule has 0 aromatic carbocycles. The van der Waals surface area contributed by atoms with Crippen molar-refractivity contribution in [3.63, 3.8) is 0 Å². The van der Waals surface area contributed by atoms with E-state index >= 15 is 0 Å². The van der Waals surface area contributed by atoms with E-state index in [0.29, 0.717) is 32.3 Å². The van der Waals surface area contributed by atoms with Crippen molar-refractivity contribution >= 4 is 17.9 Å². The highest BCUT2D eigenvalue weighted by Crippen LogP contribution is 2.35. The van der Waals surface area contributed by atoms with E-state index in [1.165, 1.54) is 0 Å². The fraction of sp³-hybridized carbons (Fsp3) is 0.824. The summed E-state index contributed by atoms with van der Waals surface area (Å²) >= 11 is 0. The van der Waals surface area contributed by atoms with Crippen molar-refractivity contribution in [1.82, 2.24) is 10.2 Å². The van der Waals surface area contributed by atoms with Gasteiger partial charge in [-0.25, -0.2) is 4.79 Å². The second-order valence-electron chi connectivity index (χ2n) is 7.43. The number of β-amino-alcohol motifs (C(OH)–C–C–N with tert-alkyl or cyclic N) is 1. The SMILES string of the molecule is CCOC(=O)C1CCC(O)(CN2C(=O)N[C@](C)(C(C)C)C2=O)CC1. The van der Waals surface area contributed by atoms with Crippen molar-refractivity contribution in [1.29, 1.82) is 0 Å². The largest absolute Gasteiger partial charge is 0.466 e. The van der Waals surface area contributed by atoms with Crippen molar-refractivity contribution in [2.24, 2.45) is 11.8 Å². The summed E-state index contributed by atoms with van der Waals surface area (Å²) in [6.07, 6.45) is 1.73. The van der Waals surface area contributed by atoms with Crippen molar-refractivity contribution < 1.29 is 24.2 Å². The maximum atomic E-state index is 12.6. The summed E-state index contributed by atoms with van der Waals surface area (Å²) in [5.41, 5.74) is -2.08. The van der Waals surface area contributed by atoms with Gasteiger partial charge in [-0.3, -0.25) is 14.5 Å². The van der Waals surface area contributed by atoms with Crippen LogP contribution in [0.15, 0.2) is 0 Å². The zero-order valence-electron chi connectivity index (χ0n) is 14.9. The van der Waals surface area contributed by atoms with Crippen LogP contribution >= 0.6 is 0 Å². The zero-order valence-corrected chi connectivity index (χ0v) is 14.9. The molecule has 1 heterocycles. The minimum absolute atomic E-state index is 0.0322. The first-order valence-electron chi connectivity index (χ1n) is 8.66. The molecular weight excluding hydrogens is 312 g/mol. The Morgan fingerprint density at radius 1 is 1.38 bits per heavy atom. The lowest BCUT2D eigenvalue weighted by atomic mass is 9.78. The first kappa shape index (κ1) is 18.7. The maximum absolute atomic E-state index is 12.6. The van der Waals surface area contributed by atoms with E-state index in [2.05, 4.69) is 5.32 Å². The van der Waals surface area contributed by atoms with E-state index in [9.17, 15) is 19.5 Å². The van der Waals surface area contributed by atoms with Gasteiger partial charge in [0.05, 0.1) is 24.7 Å². The van der Waals surface area contributed by atoms with Crippen molar-refractivity contribution in [2.75, 3.05) is 13.2 Å². The summed E-state index contributed by atoms with van der Waals surface area (Å²) in [4.78, 5) is 37.7. The first-order valence-corrected chi connectivity index (χ1v) is 8.66. The molecule has 1 saturated heterocycles. The van der Waals surface area contributed by atoms with Gasteiger partial charge in [-0.2, -0.15) is 0 Å². The van der Waals surface area contributed by atoms with E-state index in [1.807, 2.05) is 13.8 Å². The second kappa shape index (κ2) is 6.70. The van der Waals surface area contributed by atoms with Crippen molar-refractivity contribution in [2.45, 2.75) is 64.5 Å². The number of ether oxygens (including phenoxy) is 1. The molecule has 2 fully saturated rings. The molecule has 2 rings (SSSR count). The number of nitrogens with zero attached hydrogens (tertiary/aromatic N) is 1. The Hall–Kier alpha value is -1.63. The second-order valence-corrected chi connectivity index (χ2v) is 7.43. The Bertz CT molecular complexity index is 525. The molecule has 7 heteroatoms. The van der Waals surface area contributed by atoms with Crippen LogP contribution in [0.1, 0.15) is 53.4 Å². The number of rotatable bonds is 5. The third-order valence-electron chi connectivity index (χ3n) is 5.44. The lowest BCUT2D eigenvalue weighted by Gasteiger charge is -2.37. The third kappa shape index (κ3) is 3.41. The van der Waals surface area contributed by atoms with Crippen LogP contribution in [-0.2, 0) is 14.3 Å². The highest BCUT2D eigenvalue weighted by molar-refractivity contribution is 6.07. The topological polar surface area (TPSA) is 95.9 Å². The molecule has 24 heavy (non-hydrogen) atoms. The lowest BCUT2D eigenvalue weighted by Crippen LogP contribution is -2.51. The number of aliphatic hydroxyl groups is 1. The average Bonchev–Trinajstić information content (AvgIpc) is 2.72. The lowest BCUT2D eigenvalue weighted by molar-refractivity contribution is -0.152. The van der Waals surface area contributed by atoms with Crippen LogP contribution in [0.5, 0.6) is 0 Å². The Morgan fingerprint density at radius 3 is 2.42 bits per heavy atom. The number of nitrogens with one attached hydrogen (secondary N) is 1. The molecule has 1 aliphatic heterocycles. The van der Waals surface area contributed by atoms with Gasteiger partial charge < -0.3 is 15.2 Å². The fourth-order valence-electron chi connectivity index (χ4n) is 3.35. The molecule has 136 valence electrons. The Labute approximate surface area is 142 Å². The van der Waals surface area contributed by atoms with Crippen LogP contribution in [0.25, 0.3) is 0 Å². The number of amides is 3. The molecule has 2 N–H and O–H groups in total. The monoisotopic (exact) mass is 340 g/mol. The number of esters is 1. The smallest absolute Gasteiger partial charge is 0.325 e. The maximum Gasteiger partial charge on any atom is 0.325 e. The predicted octanol–water partition coefficient (Wildman–Crippen LogP) is 1.44. The minimum atomic E-state index is -1.14. The van der Waals surface area contributed by atoms with Gasteiger partial charge in [0, 0.05) is 0 Å². The Balaban J connectivity index is 2.00. The van der Waals surface area contributed by atoms with Crippen LogP contribution in [0.4, 0.5) is 4.79 Å². The van der Waals surface area contributed by atoms with Crippen molar-refractivity contribution in [3.8, 4) is 0 Å². The van der Waals surface area contributed by atoms with Crippen LogP contribution in [0.2, 0.25) is 0 Å². The molecule has 0 radical (unpaired) electrons. The highest BCUT2D eigenvalue weighted by atomic mass is 16.5. The normalized spacial score (nSPS) is 33.8. The quantitative estimate of drug-likeness (QED) is 0.583. The summed E-state index contributed by atoms with van der Waals surface area (Å²) in [5.74, 6) is -0.798. The van der Waals surface area contributed by atoms with E-state index in [4.69, 9.17) is 4.74 Å². The van der Waals surface area contributed by atoms with Gasteiger partial charge in [-0.1, -0.05) is 13.8 Å². The molecule has 1 saturated carbocycles. The molecule has 2 aliphatic rings. The molecule has 0 bridgehead atoms. The van der Waals surface area contributed by atoms with Gasteiger partial charge in [0.2, 0.25) is 0 Å². The van der Waals surface area contributed by atoms with Gasteiger partial charge in [0.15, 0.2) is 0 Å². The minimum Gasteiger partial charge on any atom is -0.466 e. The number of urea groups is 1. The fourth-order valence-corrected chi connectivity index (χ4v) is 3.35. The van der Waals surface area contributed by atoms with E-state index in [-0.39, 0.29) is 30.3 Å². The van der Waals surface area contributed by atoms with E-state index in [0.717, 1.165) is 4.90 Å². The van der Waals surface area contributed by atoms with Gasteiger partial charge in [-0.15, -0.1) is 0 Å². The third-order valence-corrected chi connectivity index (χ3v) is 5.44. The molecular formula is C17H28N2O5.